The Balaban J connectivity index is 2.57. The van der Waals surface area contributed by atoms with Crippen molar-refractivity contribution in [1.29, 1.82) is 10.5 Å². The lowest BCUT2D eigenvalue weighted by Gasteiger charge is -2.37. The number of nitrogens with zero attached hydrogens (tertiary/aromatic N) is 2. The van der Waals surface area contributed by atoms with Gasteiger partial charge in [-0.2, -0.15) is 10.5 Å². The summed E-state index contributed by atoms with van der Waals surface area (Å²) in [7, 11) is 0. The average Bonchev–Trinajstić information content (AvgIpc) is 2.97. The summed E-state index contributed by atoms with van der Waals surface area (Å²) in [5, 5.41) is 20.8. The van der Waals surface area contributed by atoms with Gasteiger partial charge in [0.1, 0.15) is 29.0 Å². The molecule has 1 saturated heterocycles. The topological polar surface area (TPSA) is 95.1 Å². The van der Waals surface area contributed by atoms with Crippen molar-refractivity contribution in [3.05, 3.63) is 35.6 Å². The third-order valence-corrected chi connectivity index (χ3v) is 4.66. The van der Waals surface area contributed by atoms with E-state index in [1.807, 2.05) is 0 Å². The summed E-state index contributed by atoms with van der Waals surface area (Å²) in [6.07, 6.45) is -5.96. The summed E-state index contributed by atoms with van der Waals surface area (Å²) in [4.78, 5) is 12.5. The summed E-state index contributed by atoms with van der Waals surface area (Å²) in [5.41, 5.74) is -2.70. The molecule has 0 saturated carbocycles. The second kappa shape index (κ2) is 8.71. The second-order valence-corrected chi connectivity index (χ2v) is 7.84. The van der Waals surface area contributed by atoms with Crippen molar-refractivity contribution < 1.29 is 27.4 Å². The van der Waals surface area contributed by atoms with Crippen LogP contribution in [0.2, 0.25) is 0 Å². The quantitative estimate of drug-likeness (QED) is 0.796. The molecule has 0 bridgehead atoms. The van der Waals surface area contributed by atoms with Gasteiger partial charge in [-0.3, -0.25) is 0 Å². The van der Waals surface area contributed by atoms with Gasteiger partial charge in [-0.05, 0) is 33.3 Å². The number of alkyl carbamates (subject to hydrolysis) is 1. The number of halogens is 3. The molecule has 1 aromatic rings. The molecule has 1 heterocycles. The molecule has 9 heteroatoms. The number of hydrogen-bond donors (Lipinski definition) is 1. The second-order valence-electron chi connectivity index (χ2n) is 7.84. The monoisotopic (exact) mass is 409 g/mol. The van der Waals surface area contributed by atoms with E-state index in [0.717, 1.165) is 6.07 Å². The van der Waals surface area contributed by atoms with E-state index in [0.29, 0.717) is 0 Å². The molecule has 0 spiro atoms. The van der Waals surface area contributed by atoms with Crippen LogP contribution in [0.25, 0.3) is 0 Å². The van der Waals surface area contributed by atoms with Gasteiger partial charge in [0.05, 0.1) is 18.7 Å². The van der Waals surface area contributed by atoms with Crippen LogP contribution in [-0.2, 0) is 15.0 Å². The highest BCUT2D eigenvalue weighted by Gasteiger charge is 2.56. The Morgan fingerprint density at radius 3 is 2.48 bits per heavy atom. The largest absolute Gasteiger partial charge is 0.444 e. The van der Waals surface area contributed by atoms with Crippen LogP contribution in [0, 0.1) is 40.3 Å². The number of amides is 1. The lowest BCUT2D eigenvalue weighted by Crippen LogP contribution is -2.54. The third-order valence-electron chi connectivity index (χ3n) is 4.66. The van der Waals surface area contributed by atoms with Gasteiger partial charge in [0.15, 0.2) is 0 Å². The smallest absolute Gasteiger partial charge is 0.408 e. The van der Waals surface area contributed by atoms with Gasteiger partial charge in [0.2, 0.25) is 0 Å². The van der Waals surface area contributed by atoms with Crippen molar-refractivity contribution in [2.75, 3.05) is 6.61 Å². The molecule has 1 N–H and O–H groups in total. The van der Waals surface area contributed by atoms with E-state index in [4.69, 9.17) is 20.0 Å². The summed E-state index contributed by atoms with van der Waals surface area (Å²) in [5.74, 6) is -3.22. The van der Waals surface area contributed by atoms with Gasteiger partial charge in [0.25, 0.3) is 6.43 Å². The molecule has 0 aliphatic carbocycles. The molecule has 1 aliphatic rings. The maximum atomic E-state index is 14.7. The molecule has 0 radical (unpaired) electrons. The lowest BCUT2D eigenvalue weighted by molar-refractivity contribution is -0.0413. The molecular formula is C20H22F3N3O3. The maximum absolute atomic E-state index is 14.7. The van der Waals surface area contributed by atoms with Gasteiger partial charge in [-0.1, -0.05) is 18.2 Å². The summed E-state index contributed by atoms with van der Waals surface area (Å²) >= 11 is 0. The van der Waals surface area contributed by atoms with Crippen molar-refractivity contribution in [3.8, 4) is 12.1 Å². The highest BCUT2D eigenvalue weighted by molar-refractivity contribution is 5.69. The number of alkyl halides is 2. The first-order valence-electron chi connectivity index (χ1n) is 8.99. The van der Waals surface area contributed by atoms with Gasteiger partial charge < -0.3 is 14.8 Å². The molecule has 29 heavy (non-hydrogen) atoms. The number of carbonyl (C=O) groups is 1. The van der Waals surface area contributed by atoms with Crippen LogP contribution < -0.4 is 5.32 Å². The molecule has 3 atom stereocenters. The molecule has 2 rings (SSSR count). The van der Waals surface area contributed by atoms with E-state index in [9.17, 15) is 18.0 Å². The Morgan fingerprint density at radius 1 is 1.34 bits per heavy atom. The first kappa shape index (κ1) is 22.5. The Kier molecular flexibility index (Phi) is 6.76. The highest BCUT2D eigenvalue weighted by Crippen LogP contribution is 2.45. The van der Waals surface area contributed by atoms with E-state index in [-0.39, 0.29) is 12.0 Å². The van der Waals surface area contributed by atoms with Crippen LogP contribution in [0.15, 0.2) is 24.3 Å². The Morgan fingerprint density at radius 2 is 1.97 bits per heavy atom. The molecule has 0 aromatic heterocycles. The highest BCUT2D eigenvalue weighted by atomic mass is 19.3. The van der Waals surface area contributed by atoms with Crippen molar-refractivity contribution in [2.24, 2.45) is 11.8 Å². The minimum Gasteiger partial charge on any atom is -0.444 e. The van der Waals surface area contributed by atoms with Crippen molar-refractivity contribution in [1.82, 2.24) is 5.32 Å². The van der Waals surface area contributed by atoms with Gasteiger partial charge in [0, 0.05) is 11.5 Å². The molecule has 1 aliphatic heterocycles. The molecule has 1 unspecified atom stereocenters. The summed E-state index contributed by atoms with van der Waals surface area (Å²) < 4.78 is 52.6. The van der Waals surface area contributed by atoms with Crippen molar-refractivity contribution >= 4 is 6.09 Å². The van der Waals surface area contributed by atoms with E-state index >= 15 is 0 Å². The van der Waals surface area contributed by atoms with E-state index in [2.05, 4.69) is 5.32 Å². The predicted octanol–water partition coefficient (Wildman–Crippen LogP) is 3.88. The number of ether oxygens (including phenoxy) is 2. The summed E-state index contributed by atoms with van der Waals surface area (Å²) in [6, 6.07) is 8.87. The molecule has 1 aromatic carbocycles. The van der Waals surface area contributed by atoms with Crippen LogP contribution in [0.4, 0.5) is 18.0 Å². The van der Waals surface area contributed by atoms with Crippen LogP contribution in [0.5, 0.6) is 0 Å². The minimum absolute atomic E-state index is 0.0753. The Labute approximate surface area is 167 Å². The van der Waals surface area contributed by atoms with Gasteiger partial charge in [-0.25, -0.2) is 18.0 Å². The van der Waals surface area contributed by atoms with Crippen LogP contribution in [-0.4, -0.2) is 30.8 Å². The van der Waals surface area contributed by atoms with Gasteiger partial charge in [-0.15, -0.1) is 0 Å². The van der Waals surface area contributed by atoms with E-state index in [1.165, 1.54) is 18.2 Å². The molecular weight excluding hydrogens is 387 g/mol. The average molecular weight is 409 g/mol. The van der Waals surface area contributed by atoms with Crippen LogP contribution in [0.1, 0.15) is 32.8 Å². The number of carbonyl (C=O) groups excluding carboxylic acids is 1. The Bertz CT molecular complexity index is 815. The van der Waals surface area contributed by atoms with Crippen LogP contribution in [0.3, 0.4) is 0 Å². The third kappa shape index (κ3) is 4.99. The fourth-order valence-electron chi connectivity index (χ4n) is 3.49. The molecule has 156 valence electrons. The maximum Gasteiger partial charge on any atom is 0.408 e. The van der Waals surface area contributed by atoms with Crippen molar-refractivity contribution in [2.45, 2.75) is 50.9 Å². The number of nitriles is 2. The number of nitrogens with one attached hydrogen (secondary N) is 1. The number of benzene rings is 1. The van der Waals surface area contributed by atoms with E-state index < -0.39 is 54.0 Å². The Hall–Kier alpha value is -2.78. The normalized spacial score (nSPS) is 24.2. The standard InChI is InChI=1S/C20H22F3N3O3/c1-19(2,3)29-18(27)26-20(13-6-4-5-7-15(13)21)11-28-16(17(22)23)14(20)8-12(9-24)10-25/h4-7,12,14,16-17H,8,11H2,1-3H3,(H,26,27)/t14-,16?,20-/m1/s1. The zero-order valence-electron chi connectivity index (χ0n) is 16.3. The van der Waals surface area contributed by atoms with E-state index in [1.54, 1.807) is 32.9 Å². The molecule has 6 nitrogen and oxygen atoms in total. The first-order valence-corrected chi connectivity index (χ1v) is 8.99. The van der Waals surface area contributed by atoms with Crippen molar-refractivity contribution in [3.63, 3.8) is 0 Å². The SMILES string of the molecule is CC(C)(C)OC(=O)N[C@@]1(c2ccccc2F)COC(C(F)F)[C@H]1CC(C#N)C#N. The summed E-state index contributed by atoms with van der Waals surface area (Å²) in [6.45, 7) is 4.40. The fraction of sp³-hybridized carbons (Fsp3) is 0.550. The zero-order chi connectivity index (χ0) is 21.8. The van der Waals surface area contributed by atoms with Gasteiger partial charge >= 0.3 is 6.09 Å². The molecule has 1 amide bonds. The first-order chi connectivity index (χ1) is 13.5. The number of hydrogen-bond acceptors (Lipinski definition) is 5. The number of rotatable bonds is 5. The lowest BCUT2D eigenvalue weighted by atomic mass is 9.73. The zero-order valence-corrected chi connectivity index (χ0v) is 16.3. The molecule has 1 fully saturated rings. The minimum atomic E-state index is -2.97. The fourth-order valence-corrected chi connectivity index (χ4v) is 3.49. The predicted molar refractivity (Wildman–Crippen MR) is 96.0 cm³/mol. The van der Waals surface area contributed by atoms with Crippen LogP contribution >= 0.6 is 0 Å².